The van der Waals surface area contributed by atoms with Crippen LogP contribution in [0.15, 0.2) is 88.7 Å². The van der Waals surface area contributed by atoms with Gasteiger partial charge in [-0.2, -0.15) is 0 Å². The monoisotopic (exact) mass is 1300 g/mol. The van der Waals surface area contributed by atoms with Crippen molar-refractivity contribution in [3.8, 4) is 33.8 Å². The number of carbonyl (C=O) groups excluding carboxylic acids is 1. The molecular formula is C62H87Cl2FN4O16S2. The van der Waals surface area contributed by atoms with Crippen LogP contribution in [-0.2, 0) is 78.1 Å². The van der Waals surface area contributed by atoms with Gasteiger partial charge in [0.1, 0.15) is 22.2 Å². The molecule has 3 aromatic carbocycles. The first kappa shape index (κ1) is 73.2. The fourth-order valence-corrected chi connectivity index (χ4v) is 10.9. The van der Waals surface area contributed by atoms with Gasteiger partial charge in [-0.25, -0.2) is 17.8 Å². The van der Waals surface area contributed by atoms with Crippen molar-refractivity contribution in [2.24, 2.45) is 5.92 Å². The van der Waals surface area contributed by atoms with Gasteiger partial charge in [0, 0.05) is 49.1 Å². The number of halogens is 3. The zero-order chi connectivity index (χ0) is 60.7. The van der Waals surface area contributed by atoms with Crippen molar-refractivity contribution in [1.29, 1.82) is 0 Å². The molecule has 25 heteroatoms. The third kappa shape index (κ3) is 29.3. The average molecular weight is 1300 g/mol. The summed E-state index contributed by atoms with van der Waals surface area (Å²) in [7, 11) is -2.68. The van der Waals surface area contributed by atoms with Gasteiger partial charge in [0.05, 0.1) is 169 Å². The molecule has 87 heavy (non-hydrogen) atoms. The van der Waals surface area contributed by atoms with Crippen molar-refractivity contribution < 1.29 is 79.2 Å². The second-order valence-electron chi connectivity index (χ2n) is 20.0. The summed E-state index contributed by atoms with van der Waals surface area (Å²) in [5.74, 6) is 0.0853. The third-order valence-corrected chi connectivity index (χ3v) is 15.8. The Morgan fingerprint density at radius 1 is 0.632 bits per heavy atom. The smallest absolute Gasteiger partial charge is 0.266 e. The molecule has 0 unspecified atom stereocenters. The van der Waals surface area contributed by atoms with Crippen LogP contribution in [0.5, 0.6) is 11.5 Å². The number of aromatic nitrogens is 2. The Morgan fingerprint density at radius 3 is 1.68 bits per heavy atom. The number of hydrogen-bond acceptors (Lipinski definition) is 19. The van der Waals surface area contributed by atoms with Gasteiger partial charge in [-0.05, 0) is 85.5 Å². The largest absolute Gasteiger partial charge is 0.455 e. The maximum absolute atomic E-state index is 15.6. The Labute approximate surface area is 527 Å². The highest BCUT2D eigenvalue weighted by Crippen LogP contribution is 2.40. The molecule has 484 valence electrons. The summed E-state index contributed by atoms with van der Waals surface area (Å²) in [5.41, 5.74) is 7.05. The lowest BCUT2D eigenvalue weighted by Gasteiger charge is -2.32. The molecule has 0 saturated carbocycles. The van der Waals surface area contributed by atoms with Gasteiger partial charge in [-0.3, -0.25) is 14.5 Å². The highest BCUT2D eigenvalue weighted by atomic mass is 35.5. The lowest BCUT2D eigenvalue weighted by atomic mass is 9.91. The van der Waals surface area contributed by atoms with Gasteiger partial charge < -0.3 is 66.5 Å². The predicted octanol–water partition coefficient (Wildman–Crippen LogP) is 10.2. The van der Waals surface area contributed by atoms with E-state index in [4.69, 9.17) is 78.2 Å². The number of thiazole rings is 1. The average Bonchev–Trinajstić information content (AvgIpc) is 1.75. The highest BCUT2D eigenvalue weighted by molar-refractivity contribution is 7.92. The molecule has 1 saturated heterocycles. The van der Waals surface area contributed by atoms with Gasteiger partial charge in [0.15, 0.2) is 5.82 Å². The second kappa shape index (κ2) is 44.0. The SMILES string of the molecule is COCCOCCOCCOCCOCCOCCOCCOCCOCCOCCOCCOCCC(=O)N1CCC(CCCCc2cc(-c3cc(-c4cccc(C)c4)ccc3Oc3cc(F)c(S(=O)(=O)Nc4cscn4)cc3Cl)ccn2)CC1.Cl. The van der Waals surface area contributed by atoms with Gasteiger partial charge >= 0.3 is 0 Å². The molecule has 1 amide bonds. The number of pyridine rings is 1. The van der Waals surface area contributed by atoms with Crippen molar-refractivity contribution in [2.75, 3.05) is 177 Å². The molecule has 6 rings (SSSR count). The fourth-order valence-electron chi connectivity index (χ4n) is 8.97. The van der Waals surface area contributed by atoms with E-state index < -0.39 is 20.7 Å². The van der Waals surface area contributed by atoms with Crippen LogP contribution in [0.3, 0.4) is 0 Å². The minimum atomic E-state index is -4.32. The van der Waals surface area contributed by atoms with Crippen LogP contribution in [-0.4, -0.2) is 201 Å². The lowest BCUT2D eigenvalue weighted by molar-refractivity contribution is -0.133. The van der Waals surface area contributed by atoms with Crippen LogP contribution < -0.4 is 9.46 Å². The molecule has 1 aliphatic rings. The van der Waals surface area contributed by atoms with Crippen LogP contribution in [0.25, 0.3) is 22.3 Å². The molecule has 2 aromatic heterocycles. The lowest BCUT2D eigenvalue weighted by Crippen LogP contribution is -2.38. The number of likely N-dealkylation sites (tertiary alicyclic amines) is 1. The number of amides is 1. The number of rotatable bonds is 48. The first-order chi connectivity index (χ1) is 42.1. The Bertz CT molecular complexity index is 2770. The van der Waals surface area contributed by atoms with Crippen LogP contribution >= 0.6 is 35.3 Å². The maximum atomic E-state index is 15.6. The van der Waals surface area contributed by atoms with E-state index in [2.05, 4.69) is 15.8 Å². The molecule has 0 aliphatic carbocycles. The highest BCUT2D eigenvalue weighted by Gasteiger charge is 2.25. The molecule has 1 fully saturated rings. The second-order valence-corrected chi connectivity index (χ2v) is 22.7. The number of aryl methyl sites for hydroxylation is 2. The van der Waals surface area contributed by atoms with Crippen molar-refractivity contribution in [3.63, 3.8) is 0 Å². The predicted molar refractivity (Wildman–Crippen MR) is 334 cm³/mol. The number of methoxy groups -OCH3 is 1. The molecule has 0 spiro atoms. The number of hydrogen-bond donors (Lipinski definition) is 1. The van der Waals surface area contributed by atoms with Crippen molar-refractivity contribution in [3.05, 3.63) is 106 Å². The summed E-state index contributed by atoms with van der Waals surface area (Å²) in [6.07, 6.45) is 7.90. The Kier molecular flexibility index (Phi) is 37.1. The summed E-state index contributed by atoms with van der Waals surface area (Å²) < 4.78 is 116. The topological polar surface area (TPSA) is 212 Å². The van der Waals surface area contributed by atoms with Crippen molar-refractivity contribution >= 4 is 57.1 Å². The van der Waals surface area contributed by atoms with E-state index >= 15 is 4.39 Å². The van der Waals surface area contributed by atoms with Gasteiger partial charge in [-0.15, -0.1) is 23.7 Å². The molecule has 20 nitrogen and oxygen atoms in total. The van der Waals surface area contributed by atoms with Crippen molar-refractivity contribution in [2.45, 2.75) is 56.8 Å². The first-order valence-electron chi connectivity index (χ1n) is 29.5. The summed E-state index contributed by atoms with van der Waals surface area (Å²) in [4.78, 5) is 22.9. The number of carbonyl (C=O) groups is 1. The van der Waals surface area contributed by atoms with Crippen LogP contribution in [0.2, 0.25) is 5.02 Å². The zero-order valence-electron chi connectivity index (χ0n) is 50.1. The number of nitrogens with one attached hydrogen (secondary N) is 1. The molecule has 0 radical (unpaired) electrons. The van der Waals surface area contributed by atoms with Gasteiger partial charge in [0.2, 0.25) is 5.91 Å². The van der Waals surface area contributed by atoms with E-state index in [1.165, 1.54) is 22.2 Å². The molecule has 5 aromatic rings. The van der Waals surface area contributed by atoms with Gasteiger partial charge in [-0.1, -0.05) is 60.3 Å². The molecular weight excluding hydrogens is 1210 g/mol. The number of benzene rings is 3. The minimum absolute atomic E-state index is 0. The fraction of sp³-hybridized carbons (Fsp3) is 0.565. The first-order valence-corrected chi connectivity index (χ1v) is 32.3. The molecule has 0 atom stereocenters. The number of nitrogens with zero attached hydrogens (tertiary/aromatic N) is 3. The summed E-state index contributed by atoms with van der Waals surface area (Å²) >= 11 is 7.80. The Hall–Kier alpha value is -4.51. The van der Waals surface area contributed by atoms with Crippen molar-refractivity contribution in [1.82, 2.24) is 14.9 Å². The summed E-state index contributed by atoms with van der Waals surface area (Å²) in [5, 5.41) is 1.42. The number of anilines is 1. The Balaban J connectivity index is 0.0000138. The van der Waals surface area contributed by atoms with Crippen LogP contribution in [0.4, 0.5) is 10.2 Å². The number of unbranched alkanes of at least 4 members (excludes halogenated alkanes) is 1. The summed E-state index contributed by atoms with van der Waals surface area (Å²) in [6, 6.07) is 19.9. The molecule has 0 bridgehead atoms. The quantitative estimate of drug-likeness (QED) is 0.0359. The third-order valence-electron chi connectivity index (χ3n) is 13.5. The molecule has 3 heterocycles. The number of piperidine rings is 1. The summed E-state index contributed by atoms with van der Waals surface area (Å²) in [6.45, 7) is 14.6. The van der Waals surface area contributed by atoms with Crippen LogP contribution in [0, 0.1) is 18.7 Å². The number of ether oxygens (including phenoxy) is 13. The van der Waals surface area contributed by atoms with E-state index in [-0.39, 0.29) is 34.9 Å². The van der Waals surface area contributed by atoms with E-state index in [9.17, 15) is 13.2 Å². The van der Waals surface area contributed by atoms with E-state index in [0.29, 0.717) is 170 Å². The number of sulfonamides is 1. The van der Waals surface area contributed by atoms with E-state index in [1.54, 1.807) is 13.3 Å². The maximum Gasteiger partial charge on any atom is 0.266 e. The Morgan fingerprint density at radius 2 is 1.16 bits per heavy atom. The zero-order valence-corrected chi connectivity index (χ0v) is 53.3. The molecule has 1 aliphatic heterocycles. The molecule has 1 N–H and O–H groups in total. The van der Waals surface area contributed by atoms with E-state index in [0.717, 1.165) is 97.3 Å². The van der Waals surface area contributed by atoms with Crippen LogP contribution in [0.1, 0.15) is 49.8 Å². The van der Waals surface area contributed by atoms with Gasteiger partial charge in [0.25, 0.3) is 10.0 Å². The van der Waals surface area contributed by atoms with E-state index in [1.807, 2.05) is 60.4 Å². The standard InChI is InChI=1S/C62H86ClFN4O16S2.ClH/c1-49-6-5-8-51(42-49)52-10-11-58(84-59-46-57(64)60(45-56(59)63)86(70,71)67-61-47-85-48-66-61)55(44-52)53-12-16-65-54(43-53)9-4-3-7-50-13-17-68(18-14-50)62(69)15-19-73-22-23-75-26-27-77-30-31-79-34-35-81-38-39-83-41-40-82-37-36-80-33-32-78-29-28-76-25-24-74-21-20-72-2;/h5-6,8,10-12,16,42-48,50,67H,3-4,7,9,13-15,17-41H2,1-2H3;1H. The minimum Gasteiger partial charge on any atom is -0.455 e. The normalized spacial score (nSPS) is 12.9.